The molecule has 0 bridgehead atoms. The van der Waals surface area contributed by atoms with Crippen molar-refractivity contribution in [3.63, 3.8) is 0 Å². The van der Waals surface area contributed by atoms with E-state index in [1.54, 1.807) is 11.7 Å². The van der Waals surface area contributed by atoms with Crippen LogP contribution in [0.1, 0.15) is 39.5 Å². The zero-order chi connectivity index (χ0) is 16.6. The van der Waals surface area contributed by atoms with Crippen LogP contribution >= 0.6 is 0 Å². The Kier molecular flexibility index (Phi) is 4.19. The smallest absolute Gasteiger partial charge is 0.264 e. The number of aryl methyl sites for hydroxylation is 1. The quantitative estimate of drug-likeness (QED) is 0.852. The summed E-state index contributed by atoms with van der Waals surface area (Å²) in [5, 5.41) is 4.49. The molecule has 2 aromatic heterocycles. The highest BCUT2D eigenvalue weighted by Crippen LogP contribution is 2.25. The topological polar surface area (TPSA) is 73.0 Å². The first kappa shape index (κ1) is 15.7. The van der Waals surface area contributed by atoms with Gasteiger partial charge in [0.2, 0.25) is 5.91 Å². The Morgan fingerprint density at radius 2 is 2.09 bits per heavy atom. The van der Waals surface area contributed by atoms with Gasteiger partial charge < -0.3 is 4.90 Å². The van der Waals surface area contributed by atoms with Crippen molar-refractivity contribution in [2.45, 2.75) is 58.2 Å². The highest BCUT2D eigenvalue weighted by molar-refractivity contribution is 5.78. The van der Waals surface area contributed by atoms with Gasteiger partial charge in [-0.1, -0.05) is 12.8 Å². The van der Waals surface area contributed by atoms with Crippen molar-refractivity contribution in [3.05, 3.63) is 22.9 Å². The van der Waals surface area contributed by atoms with E-state index in [2.05, 4.69) is 10.1 Å². The summed E-state index contributed by atoms with van der Waals surface area (Å²) < 4.78 is 2.94. The molecule has 1 amide bonds. The summed E-state index contributed by atoms with van der Waals surface area (Å²) in [4.78, 5) is 31.4. The molecule has 1 saturated carbocycles. The fourth-order valence-electron chi connectivity index (χ4n) is 3.50. The van der Waals surface area contributed by atoms with Crippen molar-refractivity contribution in [2.24, 2.45) is 7.05 Å². The number of hydrogen-bond donors (Lipinski definition) is 0. The number of aromatic nitrogens is 4. The molecule has 0 aromatic carbocycles. The van der Waals surface area contributed by atoms with E-state index in [4.69, 9.17) is 0 Å². The lowest BCUT2D eigenvalue weighted by Crippen LogP contribution is -2.46. The van der Waals surface area contributed by atoms with Gasteiger partial charge in [0.25, 0.3) is 5.56 Å². The van der Waals surface area contributed by atoms with Crippen molar-refractivity contribution in [1.82, 2.24) is 24.2 Å². The molecule has 0 saturated heterocycles. The van der Waals surface area contributed by atoms with Gasteiger partial charge >= 0.3 is 0 Å². The average Bonchev–Trinajstić information content (AvgIpc) is 3.13. The van der Waals surface area contributed by atoms with Crippen LogP contribution in [0.25, 0.3) is 11.0 Å². The zero-order valence-corrected chi connectivity index (χ0v) is 13.9. The Morgan fingerprint density at radius 3 is 2.74 bits per heavy atom. The van der Waals surface area contributed by atoms with Crippen LogP contribution in [-0.4, -0.2) is 42.2 Å². The van der Waals surface area contributed by atoms with E-state index in [1.807, 2.05) is 18.7 Å². The van der Waals surface area contributed by atoms with Crippen molar-refractivity contribution in [2.75, 3.05) is 0 Å². The van der Waals surface area contributed by atoms with Gasteiger partial charge in [-0.3, -0.25) is 18.8 Å². The number of rotatable bonds is 4. The number of carbonyl (C=O) groups is 1. The highest BCUT2D eigenvalue weighted by Gasteiger charge is 2.28. The summed E-state index contributed by atoms with van der Waals surface area (Å²) in [6, 6.07) is 0.435. The third-order valence-electron chi connectivity index (χ3n) is 4.59. The standard InChI is InChI=1S/C16H23N5O2/c1-11(2)21(12-6-4-5-7-12)14(22)9-20-10-17-15-13(16(20)23)8-18-19(15)3/h8,10-12H,4-7,9H2,1-3H3. The van der Waals surface area contributed by atoms with Crippen LogP contribution in [0.3, 0.4) is 0 Å². The second-order valence-electron chi connectivity index (χ2n) is 6.52. The Hall–Kier alpha value is -2.18. The summed E-state index contributed by atoms with van der Waals surface area (Å²) in [7, 11) is 1.74. The van der Waals surface area contributed by atoms with Crippen LogP contribution in [0, 0.1) is 0 Å². The number of amides is 1. The van der Waals surface area contributed by atoms with Crippen molar-refractivity contribution in [1.29, 1.82) is 0 Å². The lowest BCUT2D eigenvalue weighted by atomic mass is 10.1. The van der Waals surface area contributed by atoms with Gasteiger partial charge in [0.05, 0.1) is 6.20 Å². The first-order valence-corrected chi connectivity index (χ1v) is 8.17. The summed E-state index contributed by atoms with van der Waals surface area (Å²) in [6.07, 6.45) is 7.40. The molecular formula is C16H23N5O2. The van der Waals surface area contributed by atoms with Crippen LogP contribution < -0.4 is 5.56 Å². The van der Waals surface area contributed by atoms with Crippen LogP contribution in [0.4, 0.5) is 0 Å². The largest absolute Gasteiger partial charge is 0.336 e. The molecule has 1 aliphatic rings. The molecule has 0 N–H and O–H groups in total. The normalized spacial score (nSPS) is 15.7. The van der Waals surface area contributed by atoms with Crippen LogP contribution in [-0.2, 0) is 18.4 Å². The molecule has 3 rings (SSSR count). The Labute approximate surface area is 134 Å². The van der Waals surface area contributed by atoms with E-state index in [-0.39, 0.29) is 24.1 Å². The maximum absolute atomic E-state index is 12.8. The molecule has 0 aliphatic heterocycles. The molecule has 23 heavy (non-hydrogen) atoms. The van der Waals surface area contributed by atoms with E-state index in [0.29, 0.717) is 17.1 Å². The Morgan fingerprint density at radius 1 is 1.39 bits per heavy atom. The third-order valence-corrected chi connectivity index (χ3v) is 4.59. The molecule has 0 unspecified atom stereocenters. The van der Waals surface area contributed by atoms with Gasteiger partial charge in [-0.2, -0.15) is 5.10 Å². The molecule has 0 atom stereocenters. The molecule has 7 heteroatoms. The van der Waals surface area contributed by atoms with Crippen molar-refractivity contribution in [3.8, 4) is 0 Å². The maximum Gasteiger partial charge on any atom is 0.264 e. The fraction of sp³-hybridized carbons (Fsp3) is 0.625. The van der Waals surface area contributed by atoms with E-state index in [0.717, 1.165) is 12.8 Å². The van der Waals surface area contributed by atoms with Gasteiger partial charge in [-0.05, 0) is 26.7 Å². The SMILES string of the molecule is CC(C)N(C(=O)Cn1cnc2c(cnn2C)c1=O)C1CCCC1. The predicted molar refractivity (Wildman–Crippen MR) is 87.0 cm³/mol. The monoisotopic (exact) mass is 317 g/mol. The van der Waals surface area contributed by atoms with Gasteiger partial charge in [-0.25, -0.2) is 4.98 Å². The average molecular weight is 317 g/mol. The summed E-state index contributed by atoms with van der Waals surface area (Å²) in [6.45, 7) is 4.09. The number of fused-ring (bicyclic) bond motifs is 1. The van der Waals surface area contributed by atoms with E-state index < -0.39 is 0 Å². The summed E-state index contributed by atoms with van der Waals surface area (Å²) in [5.41, 5.74) is 0.321. The Balaban J connectivity index is 1.86. The van der Waals surface area contributed by atoms with Gasteiger partial charge in [0, 0.05) is 19.1 Å². The molecule has 1 fully saturated rings. The van der Waals surface area contributed by atoms with Crippen LogP contribution in [0.2, 0.25) is 0 Å². The molecule has 124 valence electrons. The molecule has 0 spiro atoms. The van der Waals surface area contributed by atoms with Crippen LogP contribution in [0.5, 0.6) is 0 Å². The lowest BCUT2D eigenvalue weighted by Gasteiger charge is -2.33. The molecule has 2 heterocycles. The minimum Gasteiger partial charge on any atom is -0.336 e. The van der Waals surface area contributed by atoms with Crippen molar-refractivity contribution >= 4 is 16.9 Å². The molecule has 0 radical (unpaired) electrons. The third kappa shape index (κ3) is 2.87. The molecule has 7 nitrogen and oxygen atoms in total. The zero-order valence-electron chi connectivity index (χ0n) is 13.9. The molecular weight excluding hydrogens is 294 g/mol. The van der Waals surface area contributed by atoms with Gasteiger partial charge in [0.1, 0.15) is 18.3 Å². The fourth-order valence-corrected chi connectivity index (χ4v) is 3.50. The predicted octanol–water partition coefficient (Wildman–Crippen LogP) is 1.31. The maximum atomic E-state index is 12.8. The van der Waals surface area contributed by atoms with Crippen LogP contribution in [0.15, 0.2) is 17.3 Å². The second kappa shape index (κ2) is 6.14. The minimum atomic E-state index is -0.216. The van der Waals surface area contributed by atoms with E-state index in [9.17, 15) is 9.59 Å². The number of nitrogens with zero attached hydrogens (tertiary/aromatic N) is 5. The molecule has 1 aliphatic carbocycles. The number of carbonyl (C=O) groups excluding carboxylic acids is 1. The lowest BCUT2D eigenvalue weighted by molar-refractivity contribution is -0.136. The first-order chi connectivity index (χ1) is 11.0. The van der Waals surface area contributed by atoms with E-state index >= 15 is 0 Å². The number of hydrogen-bond acceptors (Lipinski definition) is 4. The minimum absolute atomic E-state index is 0.0148. The Bertz CT molecular complexity index is 770. The van der Waals surface area contributed by atoms with Gasteiger partial charge in [-0.15, -0.1) is 0 Å². The summed E-state index contributed by atoms with van der Waals surface area (Å²) >= 11 is 0. The molecule has 2 aromatic rings. The van der Waals surface area contributed by atoms with E-state index in [1.165, 1.54) is 29.9 Å². The van der Waals surface area contributed by atoms with Crippen molar-refractivity contribution < 1.29 is 4.79 Å². The van der Waals surface area contributed by atoms with Gasteiger partial charge in [0.15, 0.2) is 5.65 Å². The summed E-state index contributed by atoms with van der Waals surface area (Å²) in [5.74, 6) is -0.0148. The highest BCUT2D eigenvalue weighted by atomic mass is 16.2. The second-order valence-corrected chi connectivity index (χ2v) is 6.52. The first-order valence-electron chi connectivity index (χ1n) is 8.17.